The second kappa shape index (κ2) is 13.0. The molecule has 2 aromatic carbocycles. The summed E-state index contributed by atoms with van der Waals surface area (Å²) in [4.78, 5) is 40.5. The van der Waals surface area contributed by atoms with Gasteiger partial charge in [0, 0.05) is 16.3 Å². The van der Waals surface area contributed by atoms with E-state index >= 15 is 0 Å². The highest BCUT2D eigenvalue weighted by Gasteiger charge is 2.49. The molecule has 1 aliphatic rings. The van der Waals surface area contributed by atoms with Gasteiger partial charge < -0.3 is 25.4 Å². The lowest BCUT2D eigenvalue weighted by molar-refractivity contribution is -0.147. The number of rotatable bonds is 10. The maximum absolute atomic E-state index is 13.6. The quantitative estimate of drug-likeness (QED) is 0.394. The number of alkyl carbamates (subject to hydrolysis) is 1. The van der Waals surface area contributed by atoms with Gasteiger partial charge in [0.2, 0.25) is 5.91 Å². The summed E-state index contributed by atoms with van der Waals surface area (Å²) in [6.07, 6.45) is -0.782. The molecule has 0 saturated carbocycles. The number of amides is 3. The number of hydrogen-bond acceptors (Lipinski definition) is 6. The summed E-state index contributed by atoms with van der Waals surface area (Å²) in [6.45, 7) is 7.45. The average Bonchev–Trinajstić information content (AvgIpc) is 3.21. The van der Waals surface area contributed by atoms with Crippen molar-refractivity contribution in [1.29, 1.82) is 0 Å². The van der Waals surface area contributed by atoms with Crippen LogP contribution >= 0.6 is 23.4 Å². The molecule has 0 spiro atoms. The molecule has 0 aromatic heterocycles. The molecule has 3 atom stereocenters. The van der Waals surface area contributed by atoms with E-state index in [1.165, 1.54) is 22.7 Å². The first-order valence-electron chi connectivity index (χ1n) is 11.9. The van der Waals surface area contributed by atoms with E-state index in [1.54, 1.807) is 12.1 Å². The van der Waals surface area contributed by atoms with Gasteiger partial charge >= 0.3 is 6.09 Å². The van der Waals surface area contributed by atoms with E-state index in [9.17, 15) is 19.5 Å². The Hall–Kier alpha value is -3.01. The van der Waals surface area contributed by atoms with Crippen LogP contribution in [0.5, 0.6) is 0 Å². The van der Waals surface area contributed by atoms with Gasteiger partial charge in [0.25, 0.3) is 5.91 Å². The second-order valence-corrected chi connectivity index (χ2v) is 11.2. The van der Waals surface area contributed by atoms with Crippen LogP contribution < -0.4 is 10.6 Å². The molecule has 0 aliphatic carbocycles. The molecule has 1 unspecified atom stereocenters. The Bertz CT molecular complexity index is 1110. The Balaban J connectivity index is 1.77. The van der Waals surface area contributed by atoms with Gasteiger partial charge in [0.05, 0.1) is 11.9 Å². The minimum atomic E-state index is -1.61. The number of benzene rings is 2. The fourth-order valence-corrected chi connectivity index (χ4v) is 5.46. The Labute approximate surface area is 226 Å². The number of aliphatic hydroxyl groups excluding tert-OH is 1. The van der Waals surface area contributed by atoms with Crippen molar-refractivity contribution in [2.45, 2.75) is 49.7 Å². The van der Waals surface area contributed by atoms with Crippen molar-refractivity contribution in [3.63, 3.8) is 0 Å². The molecule has 2 aromatic rings. The van der Waals surface area contributed by atoms with Crippen molar-refractivity contribution < 1.29 is 24.2 Å². The summed E-state index contributed by atoms with van der Waals surface area (Å²) < 4.78 is 4.40. The summed E-state index contributed by atoms with van der Waals surface area (Å²) in [5.74, 6) is -0.791. The summed E-state index contributed by atoms with van der Waals surface area (Å²) in [6, 6.07) is 14.5. The lowest BCUT2D eigenvalue weighted by Gasteiger charge is -2.33. The van der Waals surface area contributed by atoms with Crippen molar-refractivity contribution in [2.24, 2.45) is 0 Å². The highest BCUT2D eigenvalue weighted by atomic mass is 35.5. The van der Waals surface area contributed by atoms with Gasteiger partial charge in [-0.3, -0.25) is 9.59 Å². The minimum absolute atomic E-state index is 0.0153. The van der Waals surface area contributed by atoms with E-state index in [0.717, 1.165) is 11.1 Å². The summed E-state index contributed by atoms with van der Waals surface area (Å²) in [5, 5.41) is 17.1. The first-order valence-corrected chi connectivity index (χ1v) is 13.2. The van der Waals surface area contributed by atoms with E-state index in [0.29, 0.717) is 5.02 Å². The van der Waals surface area contributed by atoms with E-state index in [-0.39, 0.29) is 31.4 Å². The van der Waals surface area contributed by atoms with Crippen molar-refractivity contribution in [3.8, 4) is 0 Å². The second-order valence-electron chi connectivity index (χ2n) is 9.17. The fourth-order valence-electron chi connectivity index (χ4n) is 4.11. The van der Waals surface area contributed by atoms with Gasteiger partial charge in [-0.25, -0.2) is 4.79 Å². The molecule has 0 radical (unpaired) electrons. The lowest BCUT2D eigenvalue weighted by atomic mass is 9.97. The maximum Gasteiger partial charge on any atom is 0.407 e. The van der Waals surface area contributed by atoms with Crippen LogP contribution in [-0.2, 0) is 27.3 Å². The van der Waals surface area contributed by atoms with Gasteiger partial charge in [0.15, 0.2) is 6.10 Å². The number of aliphatic hydroxyl groups is 1. The molecule has 1 fully saturated rings. The van der Waals surface area contributed by atoms with Crippen LogP contribution in [0.2, 0.25) is 5.02 Å². The monoisotopic (exact) mass is 545 g/mol. The van der Waals surface area contributed by atoms with E-state index in [4.69, 9.17) is 16.3 Å². The van der Waals surface area contributed by atoms with Gasteiger partial charge in [-0.05, 0) is 37.5 Å². The van der Waals surface area contributed by atoms with Crippen molar-refractivity contribution in [2.75, 3.05) is 12.5 Å². The molecule has 10 heteroatoms. The van der Waals surface area contributed by atoms with Crippen LogP contribution in [0.15, 0.2) is 67.3 Å². The Morgan fingerprint density at radius 2 is 1.89 bits per heavy atom. The molecule has 0 bridgehead atoms. The number of carbonyl (C=O) groups is 3. The van der Waals surface area contributed by atoms with Crippen LogP contribution in [0.1, 0.15) is 25.0 Å². The molecular weight excluding hydrogens is 514 g/mol. The van der Waals surface area contributed by atoms with E-state index < -0.39 is 34.9 Å². The Morgan fingerprint density at radius 3 is 2.57 bits per heavy atom. The predicted molar refractivity (Wildman–Crippen MR) is 145 cm³/mol. The fraction of sp³-hybridized carbons (Fsp3) is 0.370. The smallest absolute Gasteiger partial charge is 0.407 e. The molecule has 3 amide bonds. The number of hydrogen-bond donors (Lipinski definition) is 3. The predicted octanol–water partition coefficient (Wildman–Crippen LogP) is 3.52. The molecule has 37 heavy (non-hydrogen) atoms. The molecule has 3 rings (SSSR count). The van der Waals surface area contributed by atoms with Crippen molar-refractivity contribution in [3.05, 3.63) is 83.4 Å². The highest BCUT2D eigenvalue weighted by molar-refractivity contribution is 8.00. The molecule has 8 nitrogen and oxygen atoms in total. The zero-order chi connectivity index (χ0) is 27.0. The normalized spacial score (nSPS) is 17.9. The van der Waals surface area contributed by atoms with Crippen LogP contribution in [-0.4, -0.2) is 63.3 Å². The molecule has 1 heterocycles. The topological polar surface area (TPSA) is 108 Å². The number of carbonyl (C=O) groups excluding carboxylic acids is 3. The average molecular weight is 546 g/mol. The standard InChI is InChI=1S/C27H32ClN3O5S/c1-4-14-36-26(35)30-21(15-18-10-6-5-7-11-18)22(32)25(34)31-17-37-27(2,3)23(31)24(33)29-16-19-12-8-9-13-20(19)28/h4-13,21-23,32H,1,14-17H2,2-3H3,(H,29,33)(H,30,35)/t21?,22-,23+/m0/s1. The largest absolute Gasteiger partial charge is 0.445 e. The first kappa shape index (κ1) is 28.6. The molecule has 198 valence electrons. The van der Waals surface area contributed by atoms with Gasteiger partial charge in [-0.1, -0.05) is 72.8 Å². The van der Waals surface area contributed by atoms with Gasteiger partial charge in [-0.2, -0.15) is 0 Å². The lowest BCUT2D eigenvalue weighted by Crippen LogP contribution is -2.58. The molecule has 1 saturated heterocycles. The number of ether oxygens (including phenoxy) is 1. The molecule has 3 N–H and O–H groups in total. The first-order chi connectivity index (χ1) is 17.6. The van der Waals surface area contributed by atoms with Crippen molar-refractivity contribution >= 4 is 41.3 Å². The van der Waals surface area contributed by atoms with Crippen molar-refractivity contribution in [1.82, 2.24) is 15.5 Å². The number of nitrogens with zero attached hydrogens (tertiary/aromatic N) is 1. The molecular formula is C27H32ClN3O5S. The number of halogens is 1. The van der Waals surface area contributed by atoms with Gasteiger partial charge in [0.1, 0.15) is 12.6 Å². The highest BCUT2D eigenvalue weighted by Crippen LogP contribution is 2.40. The van der Waals surface area contributed by atoms with Crippen LogP contribution in [0.4, 0.5) is 4.79 Å². The number of thioether (sulfide) groups is 1. The molecule has 1 aliphatic heterocycles. The summed E-state index contributed by atoms with van der Waals surface area (Å²) in [7, 11) is 0. The summed E-state index contributed by atoms with van der Waals surface area (Å²) in [5.41, 5.74) is 1.57. The Kier molecular flexibility index (Phi) is 10.0. The third-order valence-electron chi connectivity index (χ3n) is 6.06. The van der Waals surface area contributed by atoms with E-state index in [2.05, 4.69) is 17.2 Å². The van der Waals surface area contributed by atoms with Crippen LogP contribution in [0, 0.1) is 0 Å². The van der Waals surface area contributed by atoms with Gasteiger partial charge in [-0.15, -0.1) is 11.8 Å². The minimum Gasteiger partial charge on any atom is -0.445 e. The zero-order valence-electron chi connectivity index (χ0n) is 20.9. The zero-order valence-corrected chi connectivity index (χ0v) is 22.4. The Morgan fingerprint density at radius 1 is 1.22 bits per heavy atom. The van der Waals surface area contributed by atoms with E-state index in [1.807, 2.05) is 56.3 Å². The third kappa shape index (κ3) is 7.50. The van der Waals surface area contributed by atoms with Crippen LogP contribution in [0.25, 0.3) is 0 Å². The summed E-state index contributed by atoms with van der Waals surface area (Å²) >= 11 is 7.65. The third-order valence-corrected chi connectivity index (χ3v) is 7.80. The maximum atomic E-state index is 13.6. The van der Waals surface area contributed by atoms with Crippen LogP contribution in [0.3, 0.4) is 0 Å². The number of nitrogens with one attached hydrogen (secondary N) is 2. The SMILES string of the molecule is C=CCOC(=O)NC(Cc1ccccc1)[C@H](O)C(=O)N1CSC(C)(C)[C@H]1C(=O)NCc1ccccc1Cl.